The second kappa shape index (κ2) is 8.47. The lowest BCUT2D eigenvalue weighted by Crippen LogP contribution is -2.14. The molecule has 0 aliphatic heterocycles. The Kier molecular flexibility index (Phi) is 5.79. The molecule has 1 heterocycles. The van der Waals surface area contributed by atoms with Gasteiger partial charge in [-0.3, -0.25) is 4.79 Å². The first-order chi connectivity index (χ1) is 14.1. The fourth-order valence-corrected chi connectivity index (χ4v) is 4.20. The van der Waals surface area contributed by atoms with Crippen LogP contribution in [0, 0.1) is 5.92 Å². The number of rotatable bonds is 6. The number of aryl methyl sites for hydroxylation is 1. The minimum atomic E-state index is -0.193. The third-order valence-corrected chi connectivity index (χ3v) is 5.76. The Hall–Kier alpha value is -2.50. The van der Waals surface area contributed by atoms with Gasteiger partial charge in [0.2, 0.25) is 0 Å². The molecule has 1 aliphatic rings. The van der Waals surface area contributed by atoms with E-state index < -0.39 is 0 Å². The average molecular weight is 413 g/mol. The number of fused-ring (bicyclic) bond motifs is 3. The van der Waals surface area contributed by atoms with Crippen molar-refractivity contribution in [1.29, 1.82) is 0 Å². The summed E-state index contributed by atoms with van der Waals surface area (Å²) in [4.78, 5) is 16.6. The van der Waals surface area contributed by atoms with Crippen molar-refractivity contribution in [1.82, 2.24) is 4.98 Å². The Morgan fingerprint density at radius 3 is 2.90 bits per heavy atom. The van der Waals surface area contributed by atoms with Crippen molar-refractivity contribution in [2.75, 3.05) is 25.6 Å². The monoisotopic (exact) mass is 412 g/mol. The molecule has 3 aromatic rings. The van der Waals surface area contributed by atoms with Gasteiger partial charge in [-0.15, -0.1) is 0 Å². The quantitative estimate of drug-likeness (QED) is 0.545. The molecule has 1 aromatic heterocycles. The molecule has 29 heavy (non-hydrogen) atoms. The second-order valence-electron chi connectivity index (χ2n) is 7.57. The predicted molar refractivity (Wildman–Crippen MR) is 116 cm³/mol. The standard InChI is InChI=1S/C23H25ClN2O3/c1-14-9-10-19-17(13-14)15-5-3-6-16(21(15)25-19)23(27)26-20-8-4-7-18(24)22(20)29-12-11-28-2/h3-8,14,25H,9-13H2,1-2H3,(H,26,27). The first-order valence-corrected chi connectivity index (χ1v) is 10.3. The lowest BCUT2D eigenvalue weighted by atomic mass is 9.87. The van der Waals surface area contributed by atoms with Gasteiger partial charge in [-0.1, -0.05) is 36.7 Å². The Morgan fingerprint density at radius 1 is 1.24 bits per heavy atom. The number of benzene rings is 2. The molecule has 0 radical (unpaired) electrons. The highest BCUT2D eigenvalue weighted by Crippen LogP contribution is 2.35. The largest absolute Gasteiger partial charge is 0.487 e. The minimum Gasteiger partial charge on any atom is -0.487 e. The highest BCUT2D eigenvalue weighted by atomic mass is 35.5. The van der Waals surface area contributed by atoms with Crippen LogP contribution in [-0.2, 0) is 17.6 Å². The summed E-state index contributed by atoms with van der Waals surface area (Å²) in [6.07, 6.45) is 3.25. The zero-order valence-corrected chi connectivity index (χ0v) is 17.4. The second-order valence-corrected chi connectivity index (χ2v) is 7.98. The molecule has 1 aliphatic carbocycles. The fraction of sp³-hybridized carbons (Fsp3) is 0.348. The molecule has 0 saturated carbocycles. The molecule has 0 bridgehead atoms. The van der Waals surface area contributed by atoms with Crippen molar-refractivity contribution < 1.29 is 14.3 Å². The molecule has 5 nitrogen and oxygen atoms in total. The van der Waals surface area contributed by atoms with Crippen LogP contribution in [0.5, 0.6) is 5.75 Å². The van der Waals surface area contributed by atoms with Gasteiger partial charge < -0.3 is 19.8 Å². The van der Waals surface area contributed by atoms with Gasteiger partial charge in [0, 0.05) is 18.2 Å². The van der Waals surface area contributed by atoms with Crippen LogP contribution in [0.4, 0.5) is 5.69 Å². The summed E-state index contributed by atoms with van der Waals surface area (Å²) >= 11 is 6.29. The highest BCUT2D eigenvalue weighted by Gasteiger charge is 2.23. The number of H-pyrrole nitrogens is 1. The number of methoxy groups -OCH3 is 1. The SMILES string of the molecule is COCCOc1c(Cl)cccc1NC(=O)c1cccc2c3c([nH]c12)CCC(C)C3. The molecule has 1 unspecified atom stereocenters. The Morgan fingerprint density at radius 2 is 2.07 bits per heavy atom. The fourth-order valence-electron chi connectivity index (χ4n) is 3.98. The molecular formula is C23H25ClN2O3. The Balaban J connectivity index is 1.65. The molecule has 2 aromatic carbocycles. The smallest absolute Gasteiger partial charge is 0.257 e. The van der Waals surface area contributed by atoms with Crippen molar-refractivity contribution in [2.24, 2.45) is 5.92 Å². The van der Waals surface area contributed by atoms with Crippen molar-refractivity contribution in [2.45, 2.75) is 26.2 Å². The summed E-state index contributed by atoms with van der Waals surface area (Å²) in [5.41, 5.74) is 4.66. The molecule has 152 valence electrons. The number of hydrogen-bond acceptors (Lipinski definition) is 3. The maximum atomic E-state index is 13.1. The number of aromatic nitrogens is 1. The maximum Gasteiger partial charge on any atom is 0.257 e. The summed E-state index contributed by atoms with van der Waals surface area (Å²) in [5.74, 6) is 0.921. The summed E-state index contributed by atoms with van der Waals surface area (Å²) in [7, 11) is 1.61. The number of amides is 1. The summed E-state index contributed by atoms with van der Waals surface area (Å²) in [5, 5.41) is 4.55. The Labute approximate surface area is 175 Å². The van der Waals surface area contributed by atoms with Crippen LogP contribution in [0.2, 0.25) is 5.02 Å². The maximum absolute atomic E-state index is 13.1. The third kappa shape index (κ3) is 3.98. The zero-order valence-electron chi connectivity index (χ0n) is 16.7. The van der Waals surface area contributed by atoms with Gasteiger partial charge in [0.1, 0.15) is 6.61 Å². The number of carbonyl (C=O) groups is 1. The van der Waals surface area contributed by atoms with E-state index in [1.54, 1.807) is 25.3 Å². The first kappa shape index (κ1) is 19.8. The van der Waals surface area contributed by atoms with Crippen LogP contribution in [0.1, 0.15) is 35.0 Å². The lowest BCUT2D eigenvalue weighted by molar-refractivity contribution is 0.102. The molecule has 4 rings (SSSR count). The van der Waals surface area contributed by atoms with Crippen molar-refractivity contribution in [3.05, 3.63) is 58.2 Å². The Bertz CT molecular complexity index is 1040. The summed E-state index contributed by atoms with van der Waals surface area (Å²) in [6.45, 7) is 3.06. The number of nitrogens with one attached hydrogen (secondary N) is 2. The first-order valence-electron chi connectivity index (χ1n) is 9.92. The topological polar surface area (TPSA) is 63.4 Å². The van der Waals surface area contributed by atoms with Gasteiger partial charge >= 0.3 is 0 Å². The molecular weight excluding hydrogens is 388 g/mol. The van der Waals surface area contributed by atoms with Gasteiger partial charge in [-0.05, 0) is 48.9 Å². The number of hydrogen-bond donors (Lipinski definition) is 2. The molecule has 0 fully saturated rings. The van der Waals surface area contributed by atoms with E-state index in [4.69, 9.17) is 21.1 Å². The number of anilines is 1. The highest BCUT2D eigenvalue weighted by molar-refractivity contribution is 6.32. The van der Waals surface area contributed by atoms with E-state index in [1.165, 1.54) is 17.7 Å². The molecule has 1 amide bonds. The van der Waals surface area contributed by atoms with Gasteiger partial charge in [-0.2, -0.15) is 0 Å². The molecule has 2 N–H and O–H groups in total. The number of aromatic amines is 1. The van der Waals surface area contributed by atoms with Gasteiger partial charge in [-0.25, -0.2) is 0 Å². The molecule has 0 saturated heterocycles. The van der Waals surface area contributed by atoms with Crippen molar-refractivity contribution >= 4 is 34.1 Å². The van der Waals surface area contributed by atoms with Gasteiger partial charge in [0.05, 0.1) is 28.4 Å². The van der Waals surface area contributed by atoms with Crippen LogP contribution in [0.25, 0.3) is 10.9 Å². The number of ether oxygens (including phenoxy) is 2. The van der Waals surface area contributed by atoms with E-state index >= 15 is 0 Å². The molecule has 0 spiro atoms. The van der Waals surface area contributed by atoms with E-state index in [1.807, 2.05) is 12.1 Å². The third-order valence-electron chi connectivity index (χ3n) is 5.46. The van der Waals surface area contributed by atoms with E-state index in [2.05, 4.69) is 23.3 Å². The lowest BCUT2D eigenvalue weighted by Gasteiger charge is -2.17. The number of carbonyl (C=O) groups excluding carboxylic acids is 1. The molecule has 6 heteroatoms. The normalized spacial score (nSPS) is 15.9. The van der Waals surface area contributed by atoms with Crippen LogP contribution in [0.15, 0.2) is 36.4 Å². The van der Waals surface area contributed by atoms with Crippen LogP contribution in [0.3, 0.4) is 0 Å². The average Bonchev–Trinajstić information content (AvgIpc) is 3.08. The molecule has 1 atom stereocenters. The van der Waals surface area contributed by atoms with Crippen molar-refractivity contribution in [3.8, 4) is 5.75 Å². The van der Waals surface area contributed by atoms with Gasteiger partial charge in [0.15, 0.2) is 5.75 Å². The zero-order chi connectivity index (χ0) is 20.4. The van der Waals surface area contributed by atoms with E-state index in [0.717, 1.165) is 23.7 Å². The van der Waals surface area contributed by atoms with E-state index in [9.17, 15) is 4.79 Å². The van der Waals surface area contributed by atoms with E-state index in [0.29, 0.717) is 41.2 Å². The summed E-state index contributed by atoms with van der Waals surface area (Å²) < 4.78 is 10.8. The minimum absolute atomic E-state index is 0.193. The number of para-hydroxylation sites is 2. The summed E-state index contributed by atoms with van der Waals surface area (Å²) in [6, 6.07) is 11.2. The van der Waals surface area contributed by atoms with E-state index in [-0.39, 0.29) is 5.91 Å². The van der Waals surface area contributed by atoms with Crippen LogP contribution >= 0.6 is 11.6 Å². The van der Waals surface area contributed by atoms with Crippen molar-refractivity contribution in [3.63, 3.8) is 0 Å². The van der Waals surface area contributed by atoms with Gasteiger partial charge in [0.25, 0.3) is 5.91 Å². The van der Waals surface area contributed by atoms with Crippen LogP contribution in [-0.4, -0.2) is 31.2 Å². The number of halogens is 1. The van der Waals surface area contributed by atoms with Crippen LogP contribution < -0.4 is 10.1 Å². The predicted octanol–water partition coefficient (Wildman–Crippen LogP) is 5.22.